The molecule has 0 aromatic heterocycles. The van der Waals surface area contributed by atoms with Gasteiger partial charge in [0.25, 0.3) is 23.6 Å². The Morgan fingerprint density at radius 1 is 0.828 bits per heavy atom. The van der Waals surface area contributed by atoms with E-state index in [1.165, 1.54) is 31.2 Å². The highest BCUT2D eigenvalue weighted by Crippen LogP contribution is 2.33. The Hall–Kier alpha value is -3.23. The quantitative estimate of drug-likeness (QED) is 0.691. The van der Waals surface area contributed by atoms with Crippen LogP contribution in [-0.4, -0.2) is 45.6 Å². The molecule has 2 aromatic carbocycles. The molecule has 0 N–H and O–H groups in total. The molecule has 0 fully saturated rings. The lowest BCUT2D eigenvalue weighted by Gasteiger charge is -2.22. The number of hydrogen-bond donors (Lipinski definition) is 0. The van der Waals surface area contributed by atoms with E-state index in [-0.39, 0.29) is 32.3 Å². The van der Waals surface area contributed by atoms with Crippen LogP contribution in [0, 0.1) is 0 Å². The summed E-state index contributed by atoms with van der Waals surface area (Å²) in [5.74, 6) is -4.30. The molecule has 29 heavy (non-hydrogen) atoms. The van der Waals surface area contributed by atoms with Gasteiger partial charge in [0.15, 0.2) is 0 Å². The van der Waals surface area contributed by atoms with E-state index < -0.39 is 35.6 Å². The van der Waals surface area contributed by atoms with Crippen molar-refractivity contribution in [2.75, 3.05) is 0 Å². The van der Waals surface area contributed by atoms with Crippen molar-refractivity contribution in [2.45, 2.75) is 13.0 Å². The van der Waals surface area contributed by atoms with Gasteiger partial charge < -0.3 is 4.84 Å². The van der Waals surface area contributed by atoms with Crippen LogP contribution in [0.25, 0.3) is 0 Å². The number of hydrogen-bond acceptors (Lipinski definition) is 6. The highest BCUT2D eigenvalue weighted by Gasteiger charge is 2.45. The van der Waals surface area contributed by atoms with Gasteiger partial charge in [-0.3, -0.25) is 24.1 Å². The predicted octanol–water partition coefficient (Wildman–Crippen LogP) is 2.73. The second kappa shape index (κ2) is 6.68. The average molecular weight is 433 g/mol. The molecule has 1 atom stereocenters. The molecule has 8 nitrogen and oxygen atoms in total. The van der Waals surface area contributed by atoms with E-state index in [1.54, 1.807) is 12.1 Å². The number of halogens is 2. The Morgan fingerprint density at radius 2 is 1.28 bits per heavy atom. The number of fused-ring (bicyclic) bond motifs is 2. The molecule has 4 rings (SSSR count). The Labute approximate surface area is 173 Å². The zero-order chi connectivity index (χ0) is 21.0. The topological polar surface area (TPSA) is 101 Å². The normalized spacial score (nSPS) is 16.2. The average Bonchev–Trinajstić information content (AvgIpc) is 3.08. The molecular formula is C19H10Cl2N2O6. The molecule has 0 saturated carbocycles. The van der Waals surface area contributed by atoms with E-state index in [0.717, 1.165) is 0 Å². The van der Waals surface area contributed by atoms with Gasteiger partial charge in [-0.2, -0.15) is 0 Å². The number of nitrogens with zero attached hydrogens (tertiary/aromatic N) is 2. The minimum absolute atomic E-state index is 0.00946. The van der Waals surface area contributed by atoms with Crippen molar-refractivity contribution in [1.82, 2.24) is 9.96 Å². The van der Waals surface area contributed by atoms with Crippen LogP contribution in [-0.2, 0) is 9.63 Å². The van der Waals surface area contributed by atoms with E-state index in [0.29, 0.717) is 9.96 Å². The minimum Gasteiger partial charge on any atom is -0.327 e. The standard InChI is InChI=1S/C19H10Cl2N2O6/c1-8(22-15(24)11-6-13(20)14(21)7-12(11)16(22)25)19(28)29-23-17(26)9-4-2-3-5-10(9)18(23)27/h2-8H,1H3. The van der Waals surface area contributed by atoms with Gasteiger partial charge in [0.1, 0.15) is 6.04 Å². The van der Waals surface area contributed by atoms with Crippen LogP contribution in [0.1, 0.15) is 48.4 Å². The molecule has 1 unspecified atom stereocenters. The predicted molar refractivity (Wildman–Crippen MR) is 99.5 cm³/mol. The Morgan fingerprint density at radius 3 is 1.72 bits per heavy atom. The monoisotopic (exact) mass is 432 g/mol. The van der Waals surface area contributed by atoms with Crippen molar-refractivity contribution >= 4 is 52.8 Å². The molecule has 0 aliphatic carbocycles. The van der Waals surface area contributed by atoms with E-state index >= 15 is 0 Å². The summed E-state index contributed by atoms with van der Waals surface area (Å²) in [6.45, 7) is 1.24. The summed E-state index contributed by atoms with van der Waals surface area (Å²) in [7, 11) is 0. The van der Waals surface area contributed by atoms with Gasteiger partial charge >= 0.3 is 5.97 Å². The summed E-state index contributed by atoms with van der Waals surface area (Å²) < 4.78 is 0. The maximum Gasteiger partial charge on any atom is 0.355 e. The summed E-state index contributed by atoms with van der Waals surface area (Å²) in [5.41, 5.74) is 0.153. The van der Waals surface area contributed by atoms with Crippen molar-refractivity contribution < 1.29 is 28.8 Å². The van der Waals surface area contributed by atoms with Gasteiger partial charge in [-0.1, -0.05) is 40.4 Å². The fourth-order valence-electron chi connectivity index (χ4n) is 3.13. The smallest absolute Gasteiger partial charge is 0.327 e. The minimum atomic E-state index is -1.41. The van der Waals surface area contributed by atoms with Gasteiger partial charge in [-0.05, 0) is 31.2 Å². The molecule has 2 heterocycles. The van der Waals surface area contributed by atoms with Crippen molar-refractivity contribution in [1.29, 1.82) is 0 Å². The first kappa shape index (κ1) is 19.1. The van der Waals surface area contributed by atoms with Crippen molar-refractivity contribution in [3.05, 3.63) is 68.7 Å². The third kappa shape index (κ3) is 2.80. The molecule has 10 heteroatoms. The molecule has 146 valence electrons. The highest BCUT2D eigenvalue weighted by atomic mass is 35.5. The lowest BCUT2D eigenvalue weighted by Crippen LogP contribution is -2.46. The van der Waals surface area contributed by atoms with Crippen molar-refractivity contribution in [3.8, 4) is 0 Å². The first-order chi connectivity index (χ1) is 13.7. The maximum atomic E-state index is 12.6. The molecule has 2 aliphatic heterocycles. The lowest BCUT2D eigenvalue weighted by molar-refractivity contribution is -0.172. The molecule has 0 spiro atoms. The second-order valence-electron chi connectivity index (χ2n) is 6.33. The highest BCUT2D eigenvalue weighted by molar-refractivity contribution is 6.43. The van der Waals surface area contributed by atoms with Gasteiger partial charge in [0, 0.05) is 0 Å². The van der Waals surface area contributed by atoms with Crippen LogP contribution >= 0.6 is 23.2 Å². The van der Waals surface area contributed by atoms with E-state index in [2.05, 4.69) is 0 Å². The number of carbonyl (C=O) groups excluding carboxylic acids is 5. The Kier molecular flexibility index (Phi) is 4.40. The number of carbonyl (C=O) groups is 5. The van der Waals surface area contributed by atoms with Gasteiger partial charge in [-0.15, -0.1) is 0 Å². The van der Waals surface area contributed by atoms with Gasteiger partial charge in [-0.25, -0.2) is 4.79 Å². The largest absolute Gasteiger partial charge is 0.355 e. The number of hydroxylamine groups is 2. The molecule has 0 bridgehead atoms. The summed E-state index contributed by atoms with van der Waals surface area (Å²) in [4.78, 5) is 68.0. The molecule has 0 radical (unpaired) electrons. The van der Waals surface area contributed by atoms with Crippen LogP contribution < -0.4 is 0 Å². The fraction of sp³-hybridized carbons (Fsp3) is 0.105. The number of imide groups is 2. The van der Waals surface area contributed by atoms with Crippen molar-refractivity contribution in [2.24, 2.45) is 0 Å². The first-order valence-corrected chi connectivity index (χ1v) is 9.04. The second-order valence-corrected chi connectivity index (χ2v) is 7.14. The maximum absolute atomic E-state index is 12.6. The van der Waals surface area contributed by atoms with Crippen LogP contribution in [0.4, 0.5) is 0 Å². The third-order valence-electron chi connectivity index (χ3n) is 4.63. The molecule has 2 aromatic rings. The summed E-state index contributed by atoms with van der Waals surface area (Å²) in [6.07, 6.45) is 0. The summed E-state index contributed by atoms with van der Waals surface area (Å²) in [6, 6.07) is 7.03. The number of amides is 4. The van der Waals surface area contributed by atoms with Crippen LogP contribution in [0.15, 0.2) is 36.4 Å². The Bertz CT molecular complexity index is 1070. The van der Waals surface area contributed by atoms with Gasteiger partial charge in [0.2, 0.25) is 0 Å². The summed E-state index contributed by atoms with van der Waals surface area (Å²) >= 11 is 11.8. The zero-order valence-electron chi connectivity index (χ0n) is 14.6. The van der Waals surface area contributed by atoms with Gasteiger partial charge in [0.05, 0.1) is 32.3 Å². The molecule has 0 saturated heterocycles. The third-order valence-corrected chi connectivity index (χ3v) is 5.35. The van der Waals surface area contributed by atoms with Crippen molar-refractivity contribution in [3.63, 3.8) is 0 Å². The first-order valence-electron chi connectivity index (χ1n) is 8.29. The molecule has 4 amide bonds. The fourth-order valence-corrected chi connectivity index (χ4v) is 3.45. The van der Waals surface area contributed by atoms with Crippen LogP contribution in [0.2, 0.25) is 10.0 Å². The number of benzene rings is 2. The van der Waals surface area contributed by atoms with E-state index in [4.69, 9.17) is 28.0 Å². The SMILES string of the molecule is CC(C(=O)ON1C(=O)c2ccccc2C1=O)N1C(=O)c2cc(Cl)c(Cl)cc2C1=O. The molecule has 2 aliphatic rings. The van der Waals surface area contributed by atoms with Crippen LogP contribution in [0.3, 0.4) is 0 Å². The van der Waals surface area contributed by atoms with E-state index in [1.807, 2.05) is 0 Å². The Balaban J connectivity index is 1.57. The zero-order valence-corrected chi connectivity index (χ0v) is 16.2. The lowest BCUT2D eigenvalue weighted by atomic mass is 10.1. The van der Waals surface area contributed by atoms with E-state index in [9.17, 15) is 24.0 Å². The summed E-state index contributed by atoms with van der Waals surface area (Å²) in [5, 5.41) is 0.472. The number of rotatable bonds is 3. The van der Waals surface area contributed by atoms with Crippen LogP contribution in [0.5, 0.6) is 0 Å². The molecular weight excluding hydrogens is 423 g/mol.